The Morgan fingerprint density at radius 3 is 2.85 bits per heavy atom. The van der Waals surface area contributed by atoms with Gasteiger partial charge in [0.1, 0.15) is 6.04 Å². The van der Waals surface area contributed by atoms with Crippen LogP contribution in [0.25, 0.3) is 0 Å². The normalized spacial score (nSPS) is 27.7. The van der Waals surface area contributed by atoms with Crippen molar-refractivity contribution in [2.75, 3.05) is 39.4 Å². The zero-order chi connectivity index (χ0) is 14.5. The van der Waals surface area contributed by atoms with Gasteiger partial charge in [-0.1, -0.05) is 0 Å². The lowest BCUT2D eigenvalue weighted by molar-refractivity contribution is -0.137. The van der Waals surface area contributed by atoms with Crippen molar-refractivity contribution in [2.45, 2.75) is 38.8 Å². The van der Waals surface area contributed by atoms with Crippen molar-refractivity contribution < 1.29 is 14.3 Å². The summed E-state index contributed by atoms with van der Waals surface area (Å²) in [5.74, 6) is 0.0684. The maximum atomic E-state index is 12.3. The molecule has 6 nitrogen and oxygen atoms in total. The van der Waals surface area contributed by atoms with E-state index in [1.807, 2.05) is 11.8 Å². The Balaban J connectivity index is 1.79. The van der Waals surface area contributed by atoms with Crippen LogP contribution in [0.4, 0.5) is 0 Å². The molecule has 0 aromatic carbocycles. The summed E-state index contributed by atoms with van der Waals surface area (Å²) < 4.78 is 5.38. The summed E-state index contributed by atoms with van der Waals surface area (Å²) in [4.78, 5) is 27.8. The van der Waals surface area contributed by atoms with Crippen molar-refractivity contribution in [3.05, 3.63) is 0 Å². The van der Waals surface area contributed by atoms with E-state index < -0.39 is 0 Å². The highest BCUT2D eigenvalue weighted by atomic mass is 16.5. The molecule has 2 amide bonds. The fraction of sp³-hybridized carbons (Fsp3) is 0.857. The molecule has 2 atom stereocenters. The van der Waals surface area contributed by atoms with Crippen LogP contribution in [0.3, 0.4) is 0 Å². The van der Waals surface area contributed by atoms with Gasteiger partial charge in [0.15, 0.2) is 0 Å². The number of hydrogen-bond donors (Lipinski definition) is 1. The van der Waals surface area contributed by atoms with Gasteiger partial charge < -0.3 is 15.0 Å². The van der Waals surface area contributed by atoms with Crippen molar-refractivity contribution in [1.29, 1.82) is 0 Å². The molecule has 0 spiro atoms. The third kappa shape index (κ3) is 3.70. The SMILES string of the molecule is CCOCCN1CCN(C(=O)[C@H]2CCC(=O)N2)CC1C. The van der Waals surface area contributed by atoms with Gasteiger partial charge in [0, 0.05) is 45.2 Å². The third-order valence-electron chi connectivity index (χ3n) is 4.10. The summed E-state index contributed by atoms with van der Waals surface area (Å²) in [7, 11) is 0. The Kier molecular flexibility index (Phi) is 5.37. The lowest BCUT2D eigenvalue weighted by atomic mass is 10.1. The predicted octanol–water partition coefficient (Wildman–Crippen LogP) is -0.166. The van der Waals surface area contributed by atoms with Gasteiger partial charge in [-0.15, -0.1) is 0 Å². The second-order valence-corrected chi connectivity index (χ2v) is 5.52. The van der Waals surface area contributed by atoms with Crippen LogP contribution in [0, 0.1) is 0 Å². The molecule has 2 saturated heterocycles. The van der Waals surface area contributed by atoms with Crippen molar-refractivity contribution in [3.63, 3.8) is 0 Å². The van der Waals surface area contributed by atoms with Gasteiger partial charge >= 0.3 is 0 Å². The smallest absolute Gasteiger partial charge is 0.245 e. The van der Waals surface area contributed by atoms with Crippen LogP contribution in [0.2, 0.25) is 0 Å². The van der Waals surface area contributed by atoms with Crippen molar-refractivity contribution in [2.24, 2.45) is 0 Å². The Morgan fingerprint density at radius 2 is 2.25 bits per heavy atom. The van der Waals surface area contributed by atoms with E-state index in [9.17, 15) is 9.59 Å². The summed E-state index contributed by atoms with van der Waals surface area (Å²) in [6.45, 7) is 8.88. The maximum absolute atomic E-state index is 12.3. The minimum absolute atomic E-state index is 0.00764. The first-order chi connectivity index (χ1) is 9.61. The van der Waals surface area contributed by atoms with Crippen molar-refractivity contribution >= 4 is 11.8 Å². The molecule has 0 saturated carbocycles. The Bertz CT molecular complexity index is 362. The van der Waals surface area contributed by atoms with Crippen LogP contribution in [0.5, 0.6) is 0 Å². The summed E-state index contributed by atoms with van der Waals surface area (Å²) in [5.41, 5.74) is 0. The van der Waals surface area contributed by atoms with Gasteiger partial charge in [-0.05, 0) is 20.3 Å². The molecule has 1 N–H and O–H groups in total. The highest BCUT2D eigenvalue weighted by Gasteiger charge is 2.33. The highest BCUT2D eigenvalue weighted by molar-refractivity contribution is 5.90. The molecule has 2 fully saturated rings. The molecule has 0 aromatic heterocycles. The van der Waals surface area contributed by atoms with Crippen LogP contribution in [-0.4, -0.2) is 73.1 Å². The molecule has 2 heterocycles. The number of carbonyl (C=O) groups excluding carboxylic acids is 2. The molecule has 2 aliphatic rings. The minimum atomic E-state index is -0.301. The van der Waals surface area contributed by atoms with Crippen LogP contribution < -0.4 is 5.32 Å². The van der Waals surface area contributed by atoms with E-state index in [1.165, 1.54) is 0 Å². The zero-order valence-electron chi connectivity index (χ0n) is 12.4. The zero-order valence-corrected chi connectivity index (χ0v) is 12.4. The number of nitrogens with one attached hydrogen (secondary N) is 1. The van der Waals surface area contributed by atoms with Gasteiger partial charge in [-0.25, -0.2) is 0 Å². The second-order valence-electron chi connectivity index (χ2n) is 5.52. The maximum Gasteiger partial charge on any atom is 0.245 e. The van der Waals surface area contributed by atoms with E-state index in [1.54, 1.807) is 0 Å². The topological polar surface area (TPSA) is 61.9 Å². The molecule has 0 aliphatic carbocycles. The van der Waals surface area contributed by atoms with E-state index in [4.69, 9.17) is 4.74 Å². The molecule has 0 radical (unpaired) electrons. The summed E-state index contributed by atoms with van der Waals surface area (Å²) in [6.07, 6.45) is 1.11. The highest BCUT2D eigenvalue weighted by Crippen LogP contribution is 2.14. The van der Waals surface area contributed by atoms with Crippen LogP contribution in [0.15, 0.2) is 0 Å². The molecule has 2 aliphatic heterocycles. The van der Waals surface area contributed by atoms with E-state index in [2.05, 4.69) is 17.1 Å². The minimum Gasteiger partial charge on any atom is -0.380 e. The monoisotopic (exact) mass is 283 g/mol. The third-order valence-corrected chi connectivity index (χ3v) is 4.10. The Hall–Kier alpha value is -1.14. The van der Waals surface area contributed by atoms with E-state index in [-0.39, 0.29) is 17.9 Å². The van der Waals surface area contributed by atoms with Gasteiger partial charge in [-0.2, -0.15) is 0 Å². The standard InChI is InChI=1S/C14H25N3O3/c1-3-20-9-8-16-6-7-17(10-11(16)2)14(19)12-4-5-13(18)15-12/h11-12H,3-10H2,1-2H3,(H,15,18)/t11?,12-/m1/s1. The molecule has 20 heavy (non-hydrogen) atoms. The average molecular weight is 283 g/mol. The first kappa shape index (κ1) is 15.3. The fourth-order valence-corrected chi connectivity index (χ4v) is 2.87. The number of amides is 2. The Morgan fingerprint density at radius 1 is 1.45 bits per heavy atom. The fourth-order valence-electron chi connectivity index (χ4n) is 2.87. The second kappa shape index (κ2) is 7.04. The molecule has 1 unspecified atom stereocenters. The molecule has 2 rings (SSSR count). The van der Waals surface area contributed by atoms with Crippen molar-refractivity contribution in [1.82, 2.24) is 15.1 Å². The first-order valence-corrected chi connectivity index (χ1v) is 7.51. The summed E-state index contributed by atoms with van der Waals surface area (Å²) in [5, 5.41) is 2.76. The molecule has 0 bridgehead atoms. The number of hydrogen-bond acceptors (Lipinski definition) is 4. The molecule has 6 heteroatoms. The lowest BCUT2D eigenvalue weighted by Crippen LogP contribution is -2.57. The summed E-state index contributed by atoms with van der Waals surface area (Å²) in [6, 6.07) is 0.0370. The Labute approximate surface area is 120 Å². The van der Waals surface area contributed by atoms with Crippen LogP contribution in [-0.2, 0) is 14.3 Å². The van der Waals surface area contributed by atoms with Gasteiger partial charge in [0.05, 0.1) is 6.61 Å². The van der Waals surface area contributed by atoms with E-state index >= 15 is 0 Å². The van der Waals surface area contributed by atoms with E-state index in [0.717, 1.165) is 39.4 Å². The molecular formula is C14H25N3O3. The van der Waals surface area contributed by atoms with Gasteiger partial charge in [0.25, 0.3) is 0 Å². The largest absolute Gasteiger partial charge is 0.380 e. The van der Waals surface area contributed by atoms with Crippen molar-refractivity contribution in [3.8, 4) is 0 Å². The number of piperazine rings is 1. The van der Waals surface area contributed by atoms with E-state index in [0.29, 0.717) is 18.9 Å². The molecule has 114 valence electrons. The van der Waals surface area contributed by atoms with Gasteiger partial charge in [0.2, 0.25) is 11.8 Å². The average Bonchev–Trinajstić information content (AvgIpc) is 2.86. The number of rotatable bonds is 5. The van der Waals surface area contributed by atoms with Crippen LogP contribution in [0.1, 0.15) is 26.7 Å². The molecule has 0 aromatic rings. The van der Waals surface area contributed by atoms with Crippen LogP contribution >= 0.6 is 0 Å². The number of carbonyl (C=O) groups is 2. The molecular weight excluding hydrogens is 258 g/mol. The first-order valence-electron chi connectivity index (χ1n) is 7.51. The predicted molar refractivity (Wildman–Crippen MR) is 75.3 cm³/mol. The lowest BCUT2D eigenvalue weighted by Gasteiger charge is -2.40. The summed E-state index contributed by atoms with van der Waals surface area (Å²) >= 11 is 0. The van der Waals surface area contributed by atoms with Gasteiger partial charge in [-0.3, -0.25) is 14.5 Å². The number of ether oxygens (including phenoxy) is 1. The number of nitrogens with zero attached hydrogens (tertiary/aromatic N) is 2. The quantitative estimate of drug-likeness (QED) is 0.712.